The van der Waals surface area contributed by atoms with Gasteiger partial charge in [-0.3, -0.25) is 9.79 Å². The van der Waals surface area contributed by atoms with E-state index in [4.69, 9.17) is 14.5 Å². The molecule has 9 nitrogen and oxygen atoms in total. The second-order valence-corrected chi connectivity index (χ2v) is 10.6. The molecule has 4 aliphatic rings. The Morgan fingerprint density at radius 3 is 2.86 bits per heavy atom. The van der Waals surface area contributed by atoms with E-state index in [1.54, 1.807) is 7.05 Å². The summed E-state index contributed by atoms with van der Waals surface area (Å²) in [7, 11) is 1.80. The number of aliphatic imine (C=N–C) groups is 1. The number of likely N-dealkylation sites (N-methyl/N-ethyl adjacent to an activating group) is 1. The molecule has 3 aliphatic heterocycles. The molecule has 9 heteroatoms. The number of rotatable bonds is 8. The number of aryl methyl sites for hydroxylation is 1. The van der Waals surface area contributed by atoms with Gasteiger partial charge in [0.1, 0.15) is 11.4 Å². The Hall–Kier alpha value is -2.91. The number of pyridine rings is 1. The number of hydrogen-bond acceptors (Lipinski definition) is 8. The van der Waals surface area contributed by atoms with Crippen molar-refractivity contribution in [3.63, 3.8) is 0 Å². The van der Waals surface area contributed by atoms with Crippen LogP contribution in [0.1, 0.15) is 38.2 Å². The van der Waals surface area contributed by atoms with Gasteiger partial charge in [-0.25, -0.2) is 4.98 Å². The van der Waals surface area contributed by atoms with Crippen LogP contribution in [-0.4, -0.2) is 84.5 Å². The molecule has 0 spiro atoms. The van der Waals surface area contributed by atoms with E-state index < -0.39 is 0 Å². The normalized spacial score (nSPS) is 28.1. The van der Waals surface area contributed by atoms with Crippen molar-refractivity contribution in [3.05, 3.63) is 47.7 Å². The third-order valence-electron chi connectivity index (χ3n) is 7.51. The highest BCUT2D eigenvalue weighted by Gasteiger charge is 2.44. The molecule has 1 saturated heterocycles. The Morgan fingerprint density at radius 2 is 2.19 bits per heavy atom. The Bertz CT molecular complexity index is 1040. The molecule has 2 N–H and O–H groups in total. The van der Waals surface area contributed by atoms with Crippen LogP contribution in [0.4, 0.5) is 5.82 Å². The van der Waals surface area contributed by atoms with Crippen LogP contribution in [0.3, 0.4) is 0 Å². The maximum Gasteiger partial charge on any atom is 0.236 e. The summed E-state index contributed by atoms with van der Waals surface area (Å²) in [6, 6.07) is 4.43. The summed E-state index contributed by atoms with van der Waals surface area (Å²) < 4.78 is 12.3. The van der Waals surface area contributed by atoms with E-state index in [0.29, 0.717) is 38.1 Å². The molecule has 5 rings (SSSR count). The van der Waals surface area contributed by atoms with Gasteiger partial charge in [-0.15, -0.1) is 0 Å². The highest BCUT2D eigenvalue weighted by atomic mass is 16.5. The average molecular weight is 495 g/mol. The third-order valence-corrected chi connectivity index (χ3v) is 7.51. The molecule has 1 aromatic rings. The van der Waals surface area contributed by atoms with Gasteiger partial charge in [-0.2, -0.15) is 0 Å². The summed E-state index contributed by atoms with van der Waals surface area (Å²) in [6.07, 6.45) is 9.55. The zero-order valence-electron chi connectivity index (χ0n) is 21.6. The number of nitrogens with zero attached hydrogens (tertiary/aromatic N) is 4. The van der Waals surface area contributed by atoms with Gasteiger partial charge < -0.3 is 29.9 Å². The minimum Gasteiger partial charge on any atom is -0.471 e. The Labute approximate surface area is 213 Å². The first-order chi connectivity index (χ1) is 17.4. The van der Waals surface area contributed by atoms with Crippen molar-refractivity contribution in [2.75, 3.05) is 51.8 Å². The molecule has 194 valence electrons. The summed E-state index contributed by atoms with van der Waals surface area (Å²) >= 11 is 0. The van der Waals surface area contributed by atoms with Crippen molar-refractivity contribution >= 4 is 17.4 Å². The Balaban J connectivity index is 1.26. The molecule has 4 heterocycles. The summed E-state index contributed by atoms with van der Waals surface area (Å²) in [6.45, 7) is 8.15. The molecule has 0 bridgehead atoms. The second-order valence-electron chi connectivity index (χ2n) is 10.6. The van der Waals surface area contributed by atoms with Crippen molar-refractivity contribution in [3.8, 4) is 0 Å². The van der Waals surface area contributed by atoms with E-state index in [0.717, 1.165) is 61.9 Å². The summed E-state index contributed by atoms with van der Waals surface area (Å²) in [5.41, 5.74) is 3.24. The largest absolute Gasteiger partial charge is 0.471 e. The van der Waals surface area contributed by atoms with E-state index in [9.17, 15) is 4.79 Å². The fourth-order valence-corrected chi connectivity index (χ4v) is 5.42. The van der Waals surface area contributed by atoms with Crippen molar-refractivity contribution in [2.45, 2.75) is 51.2 Å². The van der Waals surface area contributed by atoms with Gasteiger partial charge in [0, 0.05) is 68.5 Å². The fraction of sp³-hybridized carbons (Fsp3) is 0.593. The zero-order chi connectivity index (χ0) is 25.1. The molecule has 1 saturated carbocycles. The summed E-state index contributed by atoms with van der Waals surface area (Å²) in [4.78, 5) is 25.8. The highest BCUT2D eigenvalue weighted by Crippen LogP contribution is 2.40. The van der Waals surface area contributed by atoms with Gasteiger partial charge in [-0.1, -0.05) is 6.07 Å². The third kappa shape index (κ3) is 5.57. The van der Waals surface area contributed by atoms with Crippen LogP contribution < -0.4 is 10.6 Å². The lowest BCUT2D eigenvalue weighted by Gasteiger charge is -2.47. The quantitative estimate of drug-likeness (QED) is 0.574. The van der Waals surface area contributed by atoms with Gasteiger partial charge in [0.05, 0.1) is 25.9 Å². The van der Waals surface area contributed by atoms with Crippen LogP contribution in [-0.2, 0) is 14.3 Å². The van der Waals surface area contributed by atoms with Crippen LogP contribution in [0.5, 0.6) is 0 Å². The van der Waals surface area contributed by atoms with E-state index in [1.165, 1.54) is 5.70 Å². The number of carbonyl (C=O) groups is 1. The van der Waals surface area contributed by atoms with E-state index in [1.807, 2.05) is 30.3 Å². The van der Waals surface area contributed by atoms with Gasteiger partial charge in [0.25, 0.3) is 0 Å². The van der Waals surface area contributed by atoms with Crippen molar-refractivity contribution in [1.29, 1.82) is 0 Å². The minimum atomic E-state index is -0.264. The topological polar surface area (TPSA) is 91.3 Å². The number of aromatic nitrogens is 1. The first kappa shape index (κ1) is 24.8. The number of nitrogens with one attached hydrogen (secondary N) is 2. The number of ether oxygens (including phenoxy) is 2. The molecule has 1 unspecified atom stereocenters. The molecule has 1 amide bonds. The fourth-order valence-electron chi connectivity index (χ4n) is 5.42. The van der Waals surface area contributed by atoms with Gasteiger partial charge in [-0.05, 0) is 45.0 Å². The maximum atomic E-state index is 12.3. The smallest absolute Gasteiger partial charge is 0.236 e. The first-order valence-electron chi connectivity index (χ1n) is 13.0. The Kier molecular flexibility index (Phi) is 7.29. The molecule has 1 aliphatic carbocycles. The summed E-state index contributed by atoms with van der Waals surface area (Å²) in [5, 5.41) is 6.48. The standard InChI is InChI=1S/C27H38N6O3/c1-19-4-5-24(30-14-19)31-21-12-27(2,13-21)36-26-16-29-23(20-8-11-35-18-20)17-33(26)22-6-9-32(10-7-22)25(34)15-28-3/h4-6,14,16,20-21,28H,7-13,15,17-18H2,1-3H3,(H,30,31). The molecule has 1 atom stereocenters. The average Bonchev–Trinajstić information content (AvgIpc) is 3.40. The predicted molar refractivity (Wildman–Crippen MR) is 139 cm³/mol. The number of carbonyl (C=O) groups excluding carboxylic acids is 1. The zero-order valence-corrected chi connectivity index (χ0v) is 21.6. The van der Waals surface area contributed by atoms with Crippen LogP contribution >= 0.6 is 0 Å². The molecule has 36 heavy (non-hydrogen) atoms. The lowest BCUT2D eigenvalue weighted by Crippen LogP contribution is -2.52. The summed E-state index contributed by atoms with van der Waals surface area (Å²) in [5.74, 6) is 2.20. The predicted octanol–water partition coefficient (Wildman–Crippen LogP) is 2.67. The number of hydrogen-bond donors (Lipinski definition) is 2. The highest BCUT2D eigenvalue weighted by molar-refractivity contribution is 5.90. The molecule has 0 radical (unpaired) electrons. The van der Waals surface area contributed by atoms with E-state index >= 15 is 0 Å². The molecule has 0 aromatic carbocycles. The van der Waals surface area contributed by atoms with Gasteiger partial charge >= 0.3 is 0 Å². The van der Waals surface area contributed by atoms with Gasteiger partial charge in [0.15, 0.2) is 0 Å². The number of amides is 1. The van der Waals surface area contributed by atoms with Crippen molar-refractivity contribution in [1.82, 2.24) is 20.1 Å². The monoisotopic (exact) mass is 494 g/mol. The van der Waals surface area contributed by atoms with E-state index in [-0.39, 0.29) is 11.5 Å². The van der Waals surface area contributed by atoms with Crippen LogP contribution in [0.2, 0.25) is 0 Å². The minimum absolute atomic E-state index is 0.132. The molecule has 2 fully saturated rings. The SMILES string of the molecule is CNCC(=O)N1CC=C(N2CC(C3CCOC3)=NC=C2OC2(C)CC(Nc3ccc(C)cn3)C2)CC1. The lowest BCUT2D eigenvalue weighted by atomic mass is 9.77. The number of anilines is 1. The van der Waals surface area contributed by atoms with Gasteiger partial charge in [0.2, 0.25) is 11.8 Å². The van der Waals surface area contributed by atoms with Crippen molar-refractivity contribution < 1.29 is 14.3 Å². The molecular formula is C27H38N6O3. The van der Waals surface area contributed by atoms with Crippen LogP contribution in [0.15, 0.2) is 47.2 Å². The van der Waals surface area contributed by atoms with Crippen LogP contribution in [0.25, 0.3) is 0 Å². The Morgan fingerprint density at radius 1 is 1.33 bits per heavy atom. The molecular weight excluding hydrogens is 456 g/mol. The first-order valence-corrected chi connectivity index (χ1v) is 13.0. The lowest BCUT2D eigenvalue weighted by molar-refractivity contribution is -0.129. The maximum absolute atomic E-state index is 12.3. The molecule has 1 aromatic heterocycles. The van der Waals surface area contributed by atoms with Crippen molar-refractivity contribution in [2.24, 2.45) is 10.9 Å². The van der Waals surface area contributed by atoms with Crippen LogP contribution in [0, 0.1) is 12.8 Å². The van der Waals surface area contributed by atoms with E-state index in [2.05, 4.69) is 39.6 Å². The second kappa shape index (κ2) is 10.6.